The van der Waals surface area contributed by atoms with Crippen molar-refractivity contribution in [1.29, 1.82) is 5.26 Å². The fourth-order valence-corrected chi connectivity index (χ4v) is 1.44. The van der Waals surface area contributed by atoms with Crippen LogP contribution in [-0.4, -0.2) is 32.1 Å². The number of halogens is 1. The topological polar surface area (TPSA) is 39.1 Å². The summed E-state index contributed by atoms with van der Waals surface area (Å²) in [5, 5.41) is 11.8. The third-order valence-corrected chi connectivity index (χ3v) is 2.36. The molecule has 1 rings (SSSR count). The summed E-state index contributed by atoms with van der Waals surface area (Å²) >= 11 is 0. The SMILES string of the molecule is CNCCN(C)Cc1cc(C#N)ccc1F. The number of likely N-dealkylation sites (N-methyl/N-ethyl adjacent to an activating group) is 2. The van der Waals surface area contributed by atoms with Gasteiger partial charge in [0.15, 0.2) is 0 Å². The van der Waals surface area contributed by atoms with E-state index in [4.69, 9.17) is 5.26 Å². The van der Waals surface area contributed by atoms with Crippen molar-refractivity contribution < 1.29 is 4.39 Å². The van der Waals surface area contributed by atoms with Crippen molar-refractivity contribution in [3.05, 3.63) is 35.1 Å². The van der Waals surface area contributed by atoms with Gasteiger partial charge in [-0.1, -0.05) is 0 Å². The molecule has 0 spiro atoms. The maximum Gasteiger partial charge on any atom is 0.127 e. The van der Waals surface area contributed by atoms with Gasteiger partial charge in [0.05, 0.1) is 11.6 Å². The van der Waals surface area contributed by atoms with E-state index in [1.807, 2.05) is 25.1 Å². The second kappa shape index (κ2) is 6.21. The molecule has 0 aliphatic carbocycles. The molecule has 0 atom stereocenters. The van der Waals surface area contributed by atoms with Gasteiger partial charge >= 0.3 is 0 Å². The van der Waals surface area contributed by atoms with E-state index < -0.39 is 0 Å². The smallest absolute Gasteiger partial charge is 0.127 e. The third kappa shape index (κ3) is 3.61. The summed E-state index contributed by atoms with van der Waals surface area (Å²) < 4.78 is 13.4. The summed E-state index contributed by atoms with van der Waals surface area (Å²) in [5.74, 6) is -0.254. The highest BCUT2D eigenvalue weighted by molar-refractivity contribution is 5.33. The zero-order chi connectivity index (χ0) is 12.0. The standard InChI is InChI=1S/C12H16FN3/c1-15-5-6-16(2)9-11-7-10(8-14)3-4-12(11)13/h3-4,7,15H,5-6,9H2,1-2H3. The number of hydrogen-bond acceptors (Lipinski definition) is 3. The first-order valence-electron chi connectivity index (χ1n) is 5.19. The van der Waals surface area contributed by atoms with Crippen LogP contribution in [0.3, 0.4) is 0 Å². The van der Waals surface area contributed by atoms with Gasteiger partial charge < -0.3 is 10.2 Å². The molecule has 0 aliphatic rings. The van der Waals surface area contributed by atoms with Crippen molar-refractivity contribution >= 4 is 0 Å². The Morgan fingerprint density at radius 2 is 2.25 bits per heavy atom. The number of nitrogens with one attached hydrogen (secondary N) is 1. The maximum atomic E-state index is 13.4. The summed E-state index contributed by atoms with van der Waals surface area (Å²) in [5.41, 5.74) is 1.07. The first kappa shape index (κ1) is 12.6. The van der Waals surface area contributed by atoms with Crippen molar-refractivity contribution in [3.63, 3.8) is 0 Å². The predicted octanol–water partition coefficient (Wildman–Crippen LogP) is 1.35. The molecule has 1 N–H and O–H groups in total. The van der Waals surface area contributed by atoms with Crippen LogP contribution < -0.4 is 5.32 Å². The lowest BCUT2D eigenvalue weighted by molar-refractivity contribution is 0.322. The van der Waals surface area contributed by atoms with Gasteiger partial charge in [-0.15, -0.1) is 0 Å². The maximum absolute atomic E-state index is 13.4. The Bertz CT molecular complexity index is 384. The molecular formula is C12H16FN3. The van der Waals surface area contributed by atoms with Gasteiger partial charge in [0.25, 0.3) is 0 Å². The highest BCUT2D eigenvalue weighted by Gasteiger charge is 2.06. The molecule has 0 radical (unpaired) electrons. The number of benzene rings is 1. The van der Waals surface area contributed by atoms with Crippen LogP contribution in [0.2, 0.25) is 0 Å². The number of hydrogen-bond donors (Lipinski definition) is 1. The van der Waals surface area contributed by atoms with Crippen molar-refractivity contribution in [2.24, 2.45) is 0 Å². The summed E-state index contributed by atoms with van der Waals surface area (Å²) in [7, 11) is 3.81. The van der Waals surface area contributed by atoms with Crippen LogP contribution in [0.15, 0.2) is 18.2 Å². The first-order valence-corrected chi connectivity index (χ1v) is 5.19. The number of nitrogens with zero attached hydrogens (tertiary/aromatic N) is 2. The van der Waals surface area contributed by atoms with E-state index in [1.165, 1.54) is 12.1 Å². The molecule has 1 aromatic carbocycles. The van der Waals surface area contributed by atoms with Crippen molar-refractivity contribution in [2.75, 3.05) is 27.2 Å². The van der Waals surface area contributed by atoms with Crippen LogP contribution >= 0.6 is 0 Å². The van der Waals surface area contributed by atoms with Gasteiger partial charge in [-0.2, -0.15) is 5.26 Å². The van der Waals surface area contributed by atoms with Crippen LogP contribution in [0.4, 0.5) is 4.39 Å². The van der Waals surface area contributed by atoms with Crippen molar-refractivity contribution in [2.45, 2.75) is 6.54 Å². The summed E-state index contributed by atoms with van der Waals surface area (Å²) in [4.78, 5) is 2.01. The van der Waals surface area contributed by atoms with Crippen molar-refractivity contribution in [3.8, 4) is 6.07 Å². The molecule has 0 amide bonds. The Balaban J connectivity index is 2.69. The minimum absolute atomic E-state index is 0.254. The Morgan fingerprint density at radius 1 is 1.50 bits per heavy atom. The number of rotatable bonds is 5. The lowest BCUT2D eigenvalue weighted by Gasteiger charge is -2.16. The molecule has 0 fully saturated rings. The molecule has 3 nitrogen and oxygen atoms in total. The van der Waals surface area contributed by atoms with Crippen molar-refractivity contribution in [1.82, 2.24) is 10.2 Å². The van der Waals surface area contributed by atoms with Gasteiger partial charge in [0, 0.05) is 25.2 Å². The van der Waals surface area contributed by atoms with E-state index in [0.717, 1.165) is 13.1 Å². The Labute approximate surface area is 95.5 Å². The number of nitriles is 1. The average molecular weight is 221 g/mol. The lowest BCUT2D eigenvalue weighted by Crippen LogP contribution is -2.27. The first-order chi connectivity index (χ1) is 7.67. The highest BCUT2D eigenvalue weighted by atomic mass is 19.1. The van der Waals surface area contributed by atoms with Crippen LogP contribution in [0.1, 0.15) is 11.1 Å². The van der Waals surface area contributed by atoms with Gasteiger partial charge in [-0.3, -0.25) is 0 Å². The molecule has 0 saturated carbocycles. The summed E-state index contributed by atoms with van der Waals surface area (Å²) in [6.45, 7) is 2.21. The van der Waals surface area contributed by atoms with Gasteiger partial charge in [-0.05, 0) is 32.3 Å². The lowest BCUT2D eigenvalue weighted by atomic mass is 10.1. The second-order valence-corrected chi connectivity index (χ2v) is 3.76. The van der Waals surface area contributed by atoms with Crippen LogP contribution in [0.25, 0.3) is 0 Å². The molecule has 16 heavy (non-hydrogen) atoms. The van der Waals surface area contributed by atoms with Crippen LogP contribution in [-0.2, 0) is 6.54 Å². The minimum Gasteiger partial charge on any atom is -0.318 e. The van der Waals surface area contributed by atoms with E-state index in [9.17, 15) is 4.39 Å². The fraction of sp³-hybridized carbons (Fsp3) is 0.417. The monoisotopic (exact) mass is 221 g/mol. The zero-order valence-electron chi connectivity index (χ0n) is 9.63. The van der Waals surface area contributed by atoms with Gasteiger partial charge in [0.2, 0.25) is 0 Å². The van der Waals surface area contributed by atoms with Crippen LogP contribution in [0.5, 0.6) is 0 Å². The molecule has 0 saturated heterocycles. The van der Waals surface area contributed by atoms with E-state index >= 15 is 0 Å². The molecule has 0 aromatic heterocycles. The largest absolute Gasteiger partial charge is 0.318 e. The van der Waals surface area contributed by atoms with E-state index in [-0.39, 0.29) is 5.82 Å². The second-order valence-electron chi connectivity index (χ2n) is 3.76. The van der Waals surface area contributed by atoms with E-state index in [1.54, 1.807) is 6.07 Å². The Kier molecular flexibility index (Phi) is 4.90. The Morgan fingerprint density at radius 3 is 2.88 bits per heavy atom. The summed E-state index contributed by atoms with van der Waals surface area (Å²) in [6, 6.07) is 6.46. The quantitative estimate of drug-likeness (QED) is 0.815. The van der Waals surface area contributed by atoms with E-state index in [2.05, 4.69) is 5.32 Å². The molecule has 1 aromatic rings. The third-order valence-electron chi connectivity index (χ3n) is 2.36. The fourth-order valence-electron chi connectivity index (χ4n) is 1.44. The highest BCUT2D eigenvalue weighted by Crippen LogP contribution is 2.11. The van der Waals surface area contributed by atoms with Gasteiger partial charge in [0.1, 0.15) is 5.82 Å². The van der Waals surface area contributed by atoms with Gasteiger partial charge in [-0.25, -0.2) is 4.39 Å². The molecule has 0 unspecified atom stereocenters. The normalized spacial score (nSPS) is 10.4. The molecule has 4 heteroatoms. The molecule has 0 heterocycles. The minimum atomic E-state index is -0.254. The average Bonchev–Trinajstić information content (AvgIpc) is 2.29. The predicted molar refractivity (Wildman–Crippen MR) is 61.4 cm³/mol. The Hall–Kier alpha value is -1.44. The molecular weight excluding hydrogens is 205 g/mol. The summed E-state index contributed by atoms with van der Waals surface area (Å²) in [6.07, 6.45) is 0. The molecule has 0 bridgehead atoms. The van der Waals surface area contributed by atoms with Crippen LogP contribution in [0, 0.1) is 17.1 Å². The zero-order valence-corrected chi connectivity index (χ0v) is 9.63. The molecule has 86 valence electrons. The van der Waals surface area contributed by atoms with E-state index in [0.29, 0.717) is 17.7 Å². The molecule has 0 aliphatic heterocycles.